The lowest BCUT2D eigenvalue weighted by Crippen LogP contribution is -2.30. The van der Waals surface area contributed by atoms with Gasteiger partial charge in [-0.3, -0.25) is 0 Å². The van der Waals surface area contributed by atoms with E-state index in [4.69, 9.17) is 4.42 Å². The van der Waals surface area contributed by atoms with Crippen molar-refractivity contribution in [1.82, 2.24) is 5.32 Å². The van der Waals surface area contributed by atoms with Gasteiger partial charge >= 0.3 is 0 Å². The van der Waals surface area contributed by atoms with E-state index in [0.29, 0.717) is 6.04 Å². The molecule has 0 bridgehead atoms. The number of nitrogens with one attached hydrogen (secondary N) is 1. The van der Waals surface area contributed by atoms with Crippen LogP contribution in [0.1, 0.15) is 43.3 Å². The SMILES string of the molecule is Cc1cc(CNC2CCCC2C)c(C)o1. The molecule has 0 saturated heterocycles. The molecule has 0 aliphatic heterocycles. The van der Waals surface area contributed by atoms with Crippen molar-refractivity contribution >= 4 is 0 Å². The summed E-state index contributed by atoms with van der Waals surface area (Å²) in [6.07, 6.45) is 4.08. The zero-order valence-electron chi connectivity index (χ0n) is 9.97. The van der Waals surface area contributed by atoms with Crippen LogP contribution in [0.2, 0.25) is 0 Å². The Hall–Kier alpha value is -0.760. The molecular formula is C13H21NO. The zero-order chi connectivity index (χ0) is 10.8. The quantitative estimate of drug-likeness (QED) is 0.823. The Bertz CT molecular complexity index is 329. The highest BCUT2D eigenvalue weighted by molar-refractivity contribution is 5.19. The molecule has 1 heterocycles. The van der Waals surface area contributed by atoms with Crippen LogP contribution in [0.4, 0.5) is 0 Å². The van der Waals surface area contributed by atoms with E-state index in [0.717, 1.165) is 24.0 Å². The molecule has 1 fully saturated rings. The third kappa shape index (κ3) is 2.43. The van der Waals surface area contributed by atoms with Crippen LogP contribution in [0.15, 0.2) is 10.5 Å². The number of rotatable bonds is 3. The molecule has 2 rings (SSSR count). The van der Waals surface area contributed by atoms with Crippen LogP contribution in [0, 0.1) is 19.8 Å². The highest BCUT2D eigenvalue weighted by Gasteiger charge is 2.22. The summed E-state index contributed by atoms with van der Waals surface area (Å²) in [5.74, 6) is 2.91. The maximum absolute atomic E-state index is 5.52. The van der Waals surface area contributed by atoms with Gasteiger partial charge in [-0.2, -0.15) is 0 Å². The maximum atomic E-state index is 5.52. The third-order valence-electron chi connectivity index (χ3n) is 3.56. The Labute approximate surface area is 92.1 Å². The summed E-state index contributed by atoms with van der Waals surface area (Å²) in [4.78, 5) is 0. The van der Waals surface area contributed by atoms with Gasteiger partial charge in [0, 0.05) is 18.2 Å². The van der Waals surface area contributed by atoms with Crippen molar-refractivity contribution in [1.29, 1.82) is 0 Å². The van der Waals surface area contributed by atoms with Crippen LogP contribution in [-0.2, 0) is 6.54 Å². The molecule has 0 radical (unpaired) electrons. The normalized spacial score (nSPS) is 26.1. The van der Waals surface area contributed by atoms with Crippen molar-refractivity contribution in [2.75, 3.05) is 0 Å². The van der Waals surface area contributed by atoms with Crippen molar-refractivity contribution in [2.45, 2.75) is 52.6 Å². The molecule has 0 spiro atoms. The van der Waals surface area contributed by atoms with Gasteiger partial charge in [0.05, 0.1) is 0 Å². The van der Waals surface area contributed by atoms with Crippen LogP contribution in [-0.4, -0.2) is 6.04 Å². The molecule has 1 N–H and O–H groups in total. The van der Waals surface area contributed by atoms with E-state index in [1.54, 1.807) is 0 Å². The van der Waals surface area contributed by atoms with Crippen molar-refractivity contribution in [2.24, 2.45) is 5.92 Å². The molecular weight excluding hydrogens is 186 g/mol. The Kier molecular flexibility index (Phi) is 3.15. The first-order valence-corrected chi connectivity index (χ1v) is 5.96. The first-order valence-electron chi connectivity index (χ1n) is 5.96. The average Bonchev–Trinajstić information content (AvgIpc) is 2.70. The molecule has 2 unspecified atom stereocenters. The van der Waals surface area contributed by atoms with Crippen LogP contribution in [0.3, 0.4) is 0 Å². The van der Waals surface area contributed by atoms with Crippen LogP contribution >= 0.6 is 0 Å². The summed E-state index contributed by atoms with van der Waals surface area (Å²) >= 11 is 0. The van der Waals surface area contributed by atoms with Gasteiger partial charge in [-0.15, -0.1) is 0 Å². The minimum Gasteiger partial charge on any atom is -0.466 e. The summed E-state index contributed by atoms with van der Waals surface area (Å²) in [5.41, 5.74) is 1.31. The Morgan fingerprint density at radius 2 is 2.20 bits per heavy atom. The average molecular weight is 207 g/mol. The van der Waals surface area contributed by atoms with Gasteiger partial charge in [-0.1, -0.05) is 13.3 Å². The summed E-state index contributed by atoms with van der Waals surface area (Å²) in [7, 11) is 0. The van der Waals surface area contributed by atoms with Gasteiger partial charge in [0.15, 0.2) is 0 Å². The molecule has 0 amide bonds. The van der Waals surface area contributed by atoms with Gasteiger partial charge < -0.3 is 9.73 Å². The molecule has 1 aliphatic rings. The van der Waals surface area contributed by atoms with Crippen molar-refractivity contribution in [3.05, 3.63) is 23.2 Å². The summed E-state index contributed by atoms with van der Waals surface area (Å²) < 4.78 is 5.52. The molecule has 2 atom stereocenters. The van der Waals surface area contributed by atoms with E-state index in [1.807, 2.05) is 13.8 Å². The van der Waals surface area contributed by atoms with E-state index in [-0.39, 0.29) is 0 Å². The predicted molar refractivity (Wildman–Crippen MR) is 61.8 cm³/mol. The molecule has 1 aliphatic carbocycles. The van der Waals surface area contributed by atoms with Gasteiger partial charge in [0.25, 0.3) is 0 Å². The lowest BCUT2D eigenvalue weighted by atomic mass is 10.1. The number of hydrogen-bond acceptors (Lipinski definition) is 2. The van der Waals surface area contributed by atoms with Gasteiger partial charge in [-0.05, 0) is 38.7 Å². The van der Waals surface area contributed by atoms with E-state index in [1.165, 1.54) is 24.8 Å². The lowest BCUT2D eigenvalue weighted by Gasteiger charge is -2.16. The number of hydrogen-bond donors (Lipinski definition) is 1. The summed E-state index contributed by atoms with van der Waals surface area (Å²) in [5, 5.41) is 3.64. The third-order valence-corrected chi connectivity index (χ3v) is 3.56. The van der Waals surface area contributed by atoms with Crippen molar-refractivity contribution in [3.8, 4) is 0 Å². The summed E-state index contributed by atoms with van der Waals surface area (Å²) in [6, 6.07) is 2.85. The van der Waals surface area contributed by atoms with Crippen LogP contribution in [0.25, 0.3) is 0 Å². The minimum atomic E-state index is 0.708. The Morgan fingerprint density at radius 3 is 2.73 bits per heavy atom. The number of furan rings is 1. The summed E-state index contributed by atoms with van der Waals surface area (Å²) in [6.45, 7) is 7.35. The fraction of sp³-hybridized carbons (Fsp3) is 0.692. The van der Waals surface area contributed by atoms with E-state index < -0.39 is 0 Å². The van der Waals surface area contributed by atoms with Crippen molar-refractivity contribution in [3.63, 3.8) is 0 Å². The molecule has 1 aromatic heterocycles. The smallest absolute Gasteiger partial charge is 0.105 e. The minimum absolute atomic E-state index is 0.708. The first-order chi connectivity index (χ1) is 7.16. The molecule has 0 aromatic carbocycles. The van der Waals surface area contributed by atoms with Crippen molar-refractivity contribution < 1.29 is 4.42 Å². The number of aryl methyl sites for hydroxylation is 2. The Balaban J connectivity index is 1.90. The second-order valence-corrected chi connectivity index (χ2v) is 4.83. The standard InChI is InChI=1S/C13H21NO/c1-9-5-4-6-13(9)14-8-12-7-10(2)15-11(12)3/h7,9,13-14H,4-6,8H2,1-3H3. The second kappa shape index (κ2) is 4.40. The fourth-order valence-electron chi connectivity index (χ4n) is 2.55. The topological polar surface area (TPSA) is 25.2 Å². The second-order valence-electron chi connectivity index (χ2n) is 4.83. The van der Waals surface area contributed by atoms with E-state index in [9.17, 15) is 0 Å². The monoisotopic (exact) mass is 207 g/mol. The molecule has 2 heteroatoms. The molecule has 15 heavy (non-hydrogen) atoms. The van der Waals surface area contributed by atoms with E-state index in [2.05, 4.69) is 18.3 Å². The first kappa shape index (κ1) is 10.7. The van der Waals surface area contributed by atoms with Crippen LogP contribution < -0.4 is 5.32 Å². The van der Waals surface area contributed by atoms with Crippen LogP contribution in [0.5, 0.6) is 0 Å². The largest absolute Gasteiger partial charge is 0.466 e. The van der Waals surface area contributed by atoms with Gasteiger partial charge in [-0.25, -0.2) is 0 Å². The Morgan fingerprint density at radius 1 is 1.40 bits per heavy atom. The highest BCUT2D eigenvalue weighted by atomic mass is 16.3. The zero-order valence-corrected chi connectivity index (χ0v) is 9.97. The molecule has 1 saturated carbocycles. The molecule has 2 nitrogen and oxygen atoms in total. The van der Waals surface area contributed by atoms with Gasteiger partial charge in [0.1, 0.15) is 11.5 Å². The van der Waals surface area contributed by atoms with Gasteiger partial charge in [0.2, 0.25) is 0 Å². The maximum Gasteiger partial charge on any atom is 0.105 e. The predicted octanol–water partition coefficient (Wildman–Crippen LogP) is 3.17. The highest BCUT2D eigenvalue weighted by Crippen LogP contribution is 2.25. The fourth-order valence-corrected chi connectivity index (χ4v) is 2.55. The molecule has 1 aromatic rings. The van der Waals surface area contributed by atoms with E-state index >= 15 is 0 Å². The lowest BCUT2D eigenvalue weighted by molar-refractivity contribution is 0.422. The molecule has 84 valence electrons.